The first-order valence-corrected chi connectivity index (χ1v) is 5.76. The van der Waals surface area contributed by atoms with Gasteiger partial charge in [0, 0.05) is 12.2 Å². The van der Waals surface area contributed by atoms with Crippen LogP contribution in [-0.4, -0.2) is 12.5 Å². The Hall–Kier alpha value is -1.22. The van der Waals surface area contributed by atoms with Gasteiger partial charge in [0.05, 0.1) is 10.6 Å². The molecule has 1 rings (SSSR count). The Morgan fingerprint density at radius 2 is 2.25 bits per heavy atom. The summed E-state index contributed by atoms with van der Waals surface area (Å²) in [5.74, 6) is 0.246. The van der Waals surface area contributed by atoms with Crippen molar-refractivity contribution < 1.29 is 4.79 Å². The summed E-state index contributed by atoms with van der Waals surface area (Å²) in [6.07, 6.45) is 1.03. The number of nitrogens with two attached hydrogens (primary N) is 1. The lowest BCUT2D eigenvalue weighted by molar-refractivity contribution is 0.0949. The fourth-order valence-corrected chi connectivity index (χ4v) is 1.55. The molecular formula is C12H17ClN2O. The van der Waals surface area contributed by atoms with Crippen LogP contribution in [0.5, 0.6) is 0 Å². The highest BCUT2D eigenvalue weighted by molar-refractivity contribution is 6.34. The number of rotatable bonds is 4. The number of nitrogens with one attached hydrogen (secondary N) is 1. The van der Waals surface area contributed by atoms with Gasteiger partial charge in [-0.15, -0.1) is 0 Å². The van der Waals surface area contributed by atoms with E-state index >= 15 is 0 Å². The van der Waals surface area contributed by atoms with Crippen molar-refractivity contribution in [2.75, 3.05) is 12.3 Å². The van der Waals surface area contributed by atoms with Crippen LogP contribution in [0.1, 0.15) is 30.6 Å². The molecule has 0 aliphatic heterocycles. The van der Waals surface area contributed by atoms with E-state index in [-0.39, 0.29) is 5.91 Å². The van der Waals surface area contributed by atoms with E-state index in [1.807, 2.05) is 0 Å². The van der Waals surface area contributed by atoms with E-state index in [4.69, 9.17) is 17.3 Å². The number of hydrogen-bond acceptors (Lipinski definition) is 2. The first-order chi connectivity index (χ1) is 7.56. The maximum atomic E-state index is 11.8. The highest BCUT2D eigenvalue weighted by Crippen LogP contribution is 2.21. The topological polar surface area (TPSA) is 55.1 Å². The van der Waals surface area contributed by atoms with Crippen molar-refractivity contribution in [3.8, 4) is 0 Å². The van der Waals surface area contributed by atoms with Gasteiger partial charge in [0.25, 0.3) is 5.91 Å². The van der Waals surface area contributed by atoms with Crippen LogP contribution in [-0.2, 0) is 0 Å². The molecule has 3 N–H and O–H groups in total. The minimum atomic E-state index is -0.205. The van der Waals surface area contributed by atoms with Crippen LogP contribution in [0.3, 0.4) is 0 Å². The van der Waals surface area contributed by atoms with Crippen LogP contribution in [0.2, 0.25) is 5.02 Å². The quantitative estimate of drug-likeness (QED) is 0.795. The largest absolute Gasteiger partial charge is 0.398 e. The maximum absolute atomic E-state index is 11.8. The van der Waals surface area contributed by atoms with Gasteiger partial charge < -0.3 is 11.1 Å². The van der Waals surface area contributed by atoms with Crippen molar-refractivity contribution in [3.05, 3.63) is 28.8 Å². The highest BCUT2D eigenvalue weighted by Gasteiger charge is 2.13. The van der Waals surface area contributed by atoms with Crippen molar-refractivity contribution in [2.24, 2.45) is 5.92 Å². The molecule has 4 heteroatoms. The first-order valence-electron chi connectivity index (χ1n) is 5.38. The van der Waals surface area contributed by atoms with Crippen molar-refractivity contribution in [2.45, 2.75) is 20.3 Å². The molecule has 3 nitrogen and oxygen atoms in total. The molecule has 0 saturated carbocycles. The summed E-state index contributed by atoms with van der Waals surface area (Å²) in [5.41, 5.74) is 6.50. The van der Waals surface area contributed by atoms with E-state index in [1.54, 1.807) is 18.2 Å². The molecule has 1 aromatic rings. The molecule has 88 valence electrons. The average Bonchev–Trinajstić information content (AvgIpc) is 2.25. The summed E-state index contributed by atoms with van der Waals surface area (Å²) in [5, 5.41) is 3.22. The molecule has 1 unspecified atom stereocenters. The number of nitrogen functional groups attached to an aromatic ring is 1. The third kappa shape index (κ3) is 3.14. The smallest absolute Gasteiger partial charge is 0.254 e. The van der Waals surface area contributed by atoms with Crippen molar-refractivity contribution >= 4 is 23.2 Å². The van der Waals surface area contributed by atoms with Crippen molar-refractivity contribution in [1.29, 1.82) is 0 Å². The molecular weight excluding hydrogens is 224 g/mol. The Morgan fingerprint density at radius 3 is 2.81 bits per heavy atom. The molecule has 0 aliphatic rings. The molecule has 0 saturated heterocycles. The third-order valence-electron chi connectivity index (χ3n) is 2.58. The Balaban J connectivity index is 2.73. The Morgan fingerprint density at radius 1 is 1.56 bits per heavy atom. The van der Waals surface area contributed by atoms with Crippen molar-refractivity contribution in [3.63, 3.8) is 0 Å². The van der Waals surface area contributed by atoms with E-state index in [0.717, 1.165) is 6.42 Å². The van der Waals surface area contributed by atoms with Gasteiger partial charge in [0.1, 0.15) is 0 Å². The van der Waals surface area contributed by atoms with Gasteiger partial charge in [-0.2, -0.15) is 0 Å². The number of carbonyl (C=O) groups excluding carboxylic acids is 1. The Labute approximate surface area is 101 Å². The second-order valence-electron chi connectivity index (χ2n) is 3.93. The standard InChI is InChI=1S/C12H17ClN2O/c1-3-8(2)7-15-12(16)11-9(13)5-4-6-10(11)14/h4-6,8H,3,7,14H2,1-2H3,(H,15,16). The van der Waals surface area contributed by atoms with Crippen LogP contribution in [0.15, 0.2) is 18.2 Å². The zero-order valence-electron chi connectivity index (χ0n) is 9.59. The van der Waals surface area contributed by atoms with Gasteiger partial charge in [-0.3, -0.25) is 4.79 Å². The molecule has 0 aromatic heterocycles. The van der Waals surface area contributed by atoms with Gasteiger partial charge in [-0.25, -0.2) is 0 Å². The average molecular weight is 241 g/mol. The van der Waals surface area contributed by atoms with Gasteiger partial charge >= 0.3 is 0 Å². The lowest BCUT2D eigenvalue weighted by atomic mass is 10.1. The molecule has 0 heterocycles. The minimum Gasteiger partial charge on any atom is -0.398 e. The summed E-state index contributed by atoms with van der Waals surface area (Å²) in [7, 11) is 0. The van der Waals surface area contributed by atoms with E-state index in [9.17, 15) is 4.79 Å². The predicted octanol–water partition coefficient (Wildman–Crippen LogP) is 2.70. The van der Waals surface area contributed by atoms with Gasteiger partial charge in [0.2, 0.25) is 0 Å². The van der Waals surface area contributed by atoms with Crippen LogP contribution in [0.25, 0.3) is 0 Å². The summed E-state index contributed by atoms with van der Waals surface area (Å²) < 4.78 is 0. The molecule has 0 spiro atoms. The first kappa shape index (κ1) is 12.8. The lowest BCUT2D eigenvalue weighted by Gasteiger charge is -2.12. The third-order valence-corrected chi connectivity index (χ3v) is 2.90. The number of anilines is 1. The normalized spacial score (nSPS) is 12.2. The molecule has 1 amide bonds. The van der Waals surface area contributed by atoms with Gasteiger partial charge in [0.15, 0.2) is 0 Å². The summed E-state index contributed by atoms with van der Waals surface area (Å²) in [6.45, 7) is 4.80. The van der Waals surface area contributed by atoms with Gasteiger partial charge in [-0.05, 0) is 18.1 Å². The van der Waals surface area contributed by atoms with E-state index in [1.165, 1.54) is 0 Å². The zero-order chi connectivity index (χ0) is 12.1. The van der Waals surface area contributed by atoms with E-state index in [2.05, 4.69) is 19.2 Å². The van der Waals surface area contributed by atoms with E-state index < -0.39 is 0 Å². The maximum Gasteiger partial charge on any atom is 0.254 e. The number of halogens is 1. The van der Waals surface area contributed by atoms with Crippen LogP contribution in [0.4, 0.5) is 5.69 Å². The number of amides is 1. The van der Waals surface area contributed by atoms with Crippen LogP contribution < -0.4 is 11.1 Å². The number of hydrogen-bond donors (Lipinski definition) is 2. The van der Waals surface area contributed by atoms with Crippen molar-refractivity contribution in [1.82, 2.24) is 5.32 Å². The van der Waals surface area contributed by atoms with Crippen LogP contribution >= 0.6 is 11.6 Å². The highest BCUT2D eigenvalue weighted by atomic mass is 35.5. The number of benzene rings is 1. The fourth-order valence-electron chi connectivity index (χ4n) is 1.28. The molecule has 0 radical (unpaired) electrons. The Bertz CT molecular complexity index is 359. The molecule has 16 heavy (non-hydrogen) atoms. The lowest BCUT2D eigenvalue weighted by Crippen LogP contribution is -2.28. The molecule has 0 fully saturated rings. The zero-order valence-corrected chi connectivity index (χ0v) is 10.3. The molecule has 1 aromatic carbocycles. The molecule has 0 aliphatic carbocycles. The summed E-state index contributed by atoms with van der Waals surface area (Å²) in [6, 6.07) is 5.06. The summed E-state index contributed by atoms with van der Waals surface area (Å²) >= 11 is 5.93. The van der Waals surface area contributed by atoms with Crippen LogP contribution in [0, 0.1) is 5.92 Å². The monoisotopic (exact) mass is 240 g/mol. The number of carbonyl (C=O) groups is 1. The molecule has 0 bridgehead atoms. The molecule has 1 atom stereocenters. The Kier molecular flexibility index (Phi) is 4.62. The predicted molar refractivity (Wildman–Crippen MR) is 67.7 cm³/mol. The summed E-state index contributed by atoms with van der Waals surface area (Å²) in [4.78, 5) is 11.8. The SMILES string of the molecule is CCC(C)CNC(=O)c1c(N)cccc1Cl. The second kappa shape index (κ2) is 5.75. The fraction of sp³-hybridized carbons (Fsp3) is 0.417. The van der Waals surface area contributed by atoms with Gasteiger partial charge in [-0.1, -0.05) is 37.9 Å². The minimum absolute atomic E-state index is 0.205. The van der Waals surface area contributed by atoms with E-state index in [0.29, 0.717) is 28.7 Å². The second-order valence-corrected chi connectivity index (χ2v) is 4.33.